The van der Waals surface area contributed by atoms with Gasteiger partial charge in [0.25, 0.3) is 0 Å². The lowest BCUT2D eigenvalue weighted by Crippen LogP contribution is -2.48. The van der Waals surface area contributed by atoms with Crippen molar-refractivity contribution in [2.24, 2.45) is 5.92 Å². The zero-order chi connectivity index (χ0) is 23.8. The molecule has 3 aromatic rings. The van der Waals surface area contributed by atoms with Gasteiger partial charge < -0.3 is 25.0 Å². The Morgan fingerprint density at radius 3 is 2.59 bits per heavy atom. The van der Waals surface area contributed by atoms with E-state index in [-0.39, 0.29) is 17.9 Å². The second-order valence-electron chi connectivity index (χ2n) is 8.95. The topological polar surface area (TPSA) is 112 Å². The van der Waals surface area contributed by atoms with Crippen molar-refractivity contribution in [2.75, 3.05) is 37.6 Å². The van der Waals surface area contributed by atoms with Gasteiger partial charge in [0.15, 0.2) is 0 Å². The first kappa shape index (κ1) is 22.0. The molecule has 2 atom stereocenters. The molecular weight excluding hydrogens is 436 g/mol. The molecule has 10 heteroatoms. The van der Waals surface area contributed by atoms with Crippen molar-refractivity contribution in [1.29, 1.82) is 0 Å². The molecule has 0 aliphatic carbocycles. The zero-order valence-electron chi connectivity index (χ0n) is 19.3. The van der Waals surface area contributed by atoms with Crippen LogP contribution in [0.3, 0.4) is 0 Å². The molecule has 178 valence electrons. The molecule has 2 fully saturated rings. The number of fused-ring (bicyclic) bond motifs is 1. The normalized spacial score (nSPS) is 19.4. The molecule has 2 N–H and O–H groups in total. The van der Waals surface area contributed by atoms with Crippen LogP contribution in [-0.4, -0.2) is 75.4 Å². The third kappa shape index (κ3) is 4.23. The van der Waals surface area contributed by atoms with Crippen LogP contribution < -0.4 is 15.0 Å². The van der Waals surface area contributed by atoms with Gasteiger partial charge in [-0.05, 0) is 26.0 Å². The van der Waals surface area contributed by atoms with Crippen molar-refractivity contribution < 1.29 is 19.4 Å². The van der Waals surface area contributed by atoms with Gasteiger partial charge in [-0.15, -0.1) is 0 Å². The lowest BCUT2D eigenvalue weighted by atomic mass is 10.0. The number of carbonyl (C=O) groups excluding carboxylic acids is 1. The Kier molecular flexibility index (Phi) is 5.72. The van der Waals surface area contributed by atoms with Crippen LogP contribution >= 0.6 is 0 Å². The van der Waals surface area contributed by atoms with E-state index < -0.39 is 6.09 Å². The van der Waals surface area contributed by atoms with E-state index in [9.17, 15) is 9.59 Å². The summed E-state index contributed by atoms with van der Waals surface area (Å²) in [6.45, 7) is 6.87. The summed E-state index contributed by atoms with van der Waals surface area (Å²) < 4.78 is 8.07. The number of amides is 2. The number of benzene rings is 1. The van der Waals surface area contributed by atoms with Crippen LogP contribution in [0.25, 0.3) is 16.8 Å². The maximum atomic E-state index is 11.6. The first-order valence-electron chi connectivity index (χ1n) is 11.5. The predicted octanol–water partition coefficient (Wildman–Crippen LogP) is 2.41. The summed E-state index contributed by atoms with van der Waals surface area (Å²) in [7, 11) is 0. The van der Waals surface area contributed by atoms with Gasteiger partial charge in [0.2, 0.25) is 11.8 Å². The number of nitrogens with one attached hydrogen (secondary N) is 1. The van der Waals surface area contributed by atoms with Crippen LogP contribution in [0.2, 0.25) is 0 Å². The number of nitrogens with zero attached hydrogens (tertiary/aromatic N) is 5. The van der Waals surface area contributed by atoms with Gasteiger partial charge in [0.05, 0.1) is 18.1 Å². The molecule has 34 heavy (non-hydrogen) atoms. The fourth-order valence-corrected chi connectivity index (χ4v) is 4.57. The number of hydrogen-bond donors (Lipinski definition) is 2. The van der Waals surface area contributed by atoms with E-state index in [2.05, 4.69) is 15.3 Å². The summed E-state index contributed by atoms with van der Waals surface area (Å²) in [6.07, 6.45) is 3.09. The molecule has 4 heterocycles. The van der Waals surface area contributed by atoms with Crippen molar-refractivity contribution in [2.45, 2.75) is 26.4 Å². The van der Waals surface area contributed by atoms with Gasteiger partial charge in [-0.3, -0.25) is 4.79 Å². The van der Waals surface area contributed by atoms with Crippen LogP contribution in [0.5, 0.6) is 5.88 Å². The minimum atomic E-state index is -0.867. The summed E-state index contributed by atoms with van der Waals surface area (Å²) in [6, 6.07) is 8.09. The lowest BCUT2D eigenvalue weighted by Gasteiger charge is -2.34. The van der Waals surface area contributed by atoms with Crippen LogP contribution in [0.4, 0.5) is 10.5 Å². The average molecular weight is 465 g/mol. The number of carboxylic acid groups (broad SMARTS) is 1. The molecule has 0 spiro atoms. The van der Waals surface area contributed by atoms with Gasteiger partial charge in [0, 0.05) is 61.9 Å². The van der Waals surface area contributed by atoms with E-state index in [1.165, 1.54) is 4.90 Å². The highest BCUT2D eigenvalue weighted by Crippen LogP contribution is 2.30. The SMILES string of the molecule is Cc1cnn2cc(-c3ccc(N4CCN(C(=O)O)CC4)cc3)nc(O[C@H](C)C3CNC(=O)C3)c12. The predicted molar refractivity (Wildman–Crippen MR) is 126 cm³/mol. The molecule has 0 saturated carbocycles. The summed E-state index contributed by atoms with van der Waals surface area (Å²) in [5.74, 6) is 0.660. The van der Waals surface area contributed by atoms with E-state index in [4.69, 9.17) is 14.8 Å². The van der Waals surface area contributed by atoms with E-state index in [1.54, 1.807) is 10.7 Å². The van der Waals surface area contributed by atoms with Crippen molar-refractivity contribution in [3.05, 3.63) is 42.2 Å². The zero-order valence-corrected chi connectivity index (χ0v) is 19.3. The van der Waals surface area contributed by atoms with Gasteiger partial charge in [-0.2, -0.15) is 5.10 Å². The molecule has 0 radical (unpaired) electrons. The molecule has 2 saturated heterocycles. The largest absolute Gasteiger partial charge is 0.473 e. The molecule has 0 bridgehead atoms. The number of aryl methyl sites for hydroxylation is 1. The van der Waals surface area contributed by atoms with Crippen molar-refractivity contribution in [3.8, 4) is 17.1 Å². The van der Waals surface area contributed by atoms with Gasteiger partial charge in [-0.25, -0.2) is 14.3 Å². The third-order valence-electron chi connectivity index (χ3n) is 6.70. The fraction of sp³-hybridized carbons (Fsp3) is 0.417. The van der Waals surface area contributed by atoms with Crippen molar-refractivity contribution >= 4 is 23.2 Å². The molecular formula is C24H28N6O4. The maximum Gasteiger partial charge on any atom is 0.407 e. The standard InChI is InChI=1S/C24H28N6O4/c1-15-12-26-30-14-20(27-23(22(15)30)34-16(2)18-11-21(31)25-13-18)17-3-5-19(6-4-17)28-7-9-29(10-8-28)24(32)33/h3-6,12,14,16,18H,7-11,13H2,1-2H3,(H,25,31)(H,32,33)/t16-,18?/m1/s1. The Morgan fingerprint density at radius 2 is 1.94 bits per heavy atom. The van der Waals surface area contributed by atoms with Crippen LogP contribution in [0, 0.1) is 12.8 Å². The minimum absolute atomic E-state index is 0.0531. The number of carbonyl (C=O) groups is 2. The van der Waals surface area contributed by atoms with Crippen LogP contribution in [0.15, 0.2) is 36.7 Å². The van der Waals surface area contributed by atoms with Crippen LogP contribution in [-0.2, 0) is 4.79 Å². The molecule has 2 aromatic heterocycles. The van der Waals surface area contributed by atoms with Gasteiger partial charge >= 0.3 is 6.09 Å². The van der Waals surface area contributed by atoms with Gasteiger partial charge in [0.1, 0.15) is 11.6 Å². The minimum Gasteiger partial charge on any atom is -0.473 e. The Bertz CT molecular complexity index is 1220. The molecule has 1 aromatic carbocycles. The highest BCUT2D eigenvalue weighted by Gasteiger charge is 2.29. The molecule has 10 nitrogen and oxygen atoms in total. The van der Waals surface area contributed by atoms with Gasteiger partial charge in [-0.1, -0.05) is 12.1 Å². The van der Waals surface area contributed by atoms with E-state index in [0.29, 0.717) is 45.0 Å². The Labute approximate surface area is 197 Å². The number of aromatic nitrogens is 3. The second kappa shape index (κ2) is 8.85. The Hall–Kier alpha value is -3.82. The molecule has 2 amide bonds. The van der Waals surface area contributed by atoms with E-state index >= 15 is 0 Å². The first-order chi connectivity index (χ1) is 16.4. The highest BCUT2D eigenvalue weighted by molar-refractivity contribution is 5.78. The number of piperazine rings is 1. The molecule has 1 unspecified atom stereocenters. The average Bonchev–Trinajstić information content (AvgIpc) is 3.45. The second-order valence-corrected chi connectivity index (χ2v) is 8.95. The molecule has 2 aliphatic rings. The smallest absolute Gasteiger partial charge is 0.407 e. The fourth-order valence-electron chi connectivity index (χ4n) is 4.57. The summed E-state index contributed by atoms with van der Waals surface area (Å²) in [5.41, 5.74) is 4.51. The first-order valence-corrected chi connectivity index (χ1v) is 11.5. The lowest BCUT2D eigenvalue weighted by molar-refractivity contribution is -0.119. The van der Waals surface area contributed by atoms with Crippen molar-refractivity contribution in [3.63, 3.8) is 0 Å². The quantitative estimate of drug-likeness (QED) is 0.596. The highest BCUT2D eigenvalue weighted by atomic mass is 16.5. The van der Waals surface area contributed by atoms with E-state index in [0.717, 1.165) is 28.0 Å². The Balaban J connectivity index is 1.38. The summed E-state index contributed by atoms with van der Waals surface area (Å²) in [4.78, 5) is 31.2. The molecule has 5 rings (SSSR count). The summed E-state index contributed by atoms with van der Waals surface area (Å²) in [5, 5.41) is 16.5. The third-order valence-corrected chi connectivity index (χ3v) is 6.70. The number of hydrogen-bond acceptors (Lipinski definition) is 6. The molecule has 2 aliphatic heterocycles. The maximum absolute atomic E-state index is 11.6. The van der Waals surface area contributed by atoms with E-state index in [1.807, 2.05) is 44.3 Å². The summed E-state index contributed by atoms with van der Waals surface area (Å²) >= 11 is 0. The monoisotopic (exact) mass is 464 g/mol. The number of anilines is 1. The number of ether oxygens (including phenoxy) is 1. The number of rotatable bonds is 5. The Morgan fingerprint density at radius 1 is 1.21 bits per heavy atom. The van der Waals surface area contributed by atoms with Crippen molar-refractivity contribution in [1.82, 2.24) is 24.8 Å². The van der Waals surface area contributed by atoms with Crippen LogP contribution in [0.1, 0.15) is 18.9 Å².